The molecule has 7 heteroatoms. The molecule has 1 aromatic carbocycles. The lowest BCUT2D eigenvalue weighted by Gasteiger charge is -2.26. The maximum Gasteiger partial charge on any atom is 0.220 e. The highest BCUT2D eigenvalue weighted by molar-refractivity contribution is 6.33. The second kappa shape index (κ2) is 8.99. The quantitative estimate of drug-likeness (QED) is 0.818. The lowest BCUT2D eigenvalue weighted by atomic mass is 10.2. The number of benzene rings is 1. The predicted molar refractivity (Wildman–Crippen MR) is 95.5 cm³/mol. The van der Waals surface area contributed by atoms with Crippen molar-refractivity contribution in [2.45, 2.75) is 12.8 Å². The van der Waals surface area contributed by atoms with E-state index in [0.717, 1.165) is 38.4 Å². The van der Waals surface area contributed by atoms with Crippen molar-refractivity contribution in [2.75, 3.05) is 39.4 Å². The van der Waals surface area contributed by atoms with Crippen LogP contribution in [0.25, 0.3) is 11.3 Å². The number of carbonyl (C=O) groups is 1. The zero-order valence-corrected chi connectivity index (χ0v) is 14.8. The molecule has 0 unspecified atom stereocenters. The van der Waals surface area contributed by atoms with E-state index in [4.69, 9.17) is 20.8 Å². The molecule has 1 saturated heterocycles. The van der Waals surface area contributed by atoms with E-state index in [9.17, 15) is 4.79 Å². The SMILES string of the molecule is O=C(CCc1ncc(-c2ccccc2Cl)o1)NCCN1CCOCC1. The number of aryl methyl sites for hydroxylation is 1. The molecule has 0 atom stereocenters. The summed E-state index contributed by atoms with van der Waals surface area (Å²) in [6.07, 6.45) is 2.46. The van der Waals surface area contributed by atoms with E-state index in [1.54, 1.807) is 12.3 Å². The minimum Gasteiger partial charge on any atom is -0.441 e. The minimum absolute atomic E-state index is 0.00533. The van der Waals surface area contributed by atoms with Crippen molar-refractivity contribution in [1.29, 1.82) is 0 Å². The number of hydrogen-bond donors (Lipinski definition) is 1. The third-order valence-electron chi connectivity index (χ3n) is 4.11. The summed E-state index contributed by atoms with van der Waals surface area (Å²) in [5.74, 6) is 1.16. The first kappa shape index (κ1) is 17.9. The standard InChI is InChI=1S/C18H22ClN3O3/c19-15-4-2-1-3-14(15)16-13-21-18(25-16)6-5-17(23)20-7-8-22-9-11-24-12-10-22/h1-4,13H,5-12H2,(H,20,23). The maximum absolute atomic E-state index is 11.9. The summed E-state index contributed by atoms with van der Waals surface area (Å²) in [5, 5.41) is 3.55. The number of carbonyl (C=O) groups excluding carboxylic acids is 1. The number of halogens is 1. The van der Waals surface area contributed by atoms with E-state index < -0.39 is 0 Å². The number of rotatable bonds is 7. The summed E-state index contributed by atoms with van der Waals surface area (Å²) in [4.78, 5) is 18.5. The Labute approximate surface area is 152 Å². The molecule has 1 N–H and O–H groups in total. The van der Waals surface area contributed by atoms with Gasteiger partial charge in [0.05, 0.1) is 24.4 Å². The lowest BCUT2D eigenvalue weighted by molar-refractivity contribution is -0.121. The van der Waals surface area contributed by atoms with Gasteiger partial charge in [-0.2, -0.15) is 0 Å². The van der Waals surface area contributed by atoms with E-state index in [2.05, 4.69) is 15.2 Å². The number of nitrogens with one attached hydrogen (secondary N) is 1. The Bertz CT molecular complexity index is 698. The van der Waals surface area contributed by atoms with E-state index in [1.165, 1.54) is 0 Å². The average molecular weight is 364 g/mol. The van der Waals surface area contributed by atoms with Crippen LogP contribution in [0, 0.1) is 0 Å². The van der Waals surface area contributed by atoms with Gasteiger partial charge in [-0.05, 0) is 12.1 Å². The Morgan fingerprint density at radius 2 is 2.08 bits per heavy atom. The molecule has 1 fully saturated rings. The average Bonchev–Trinajstić information content (AvgIpc) is 3.10. The molecule has 1 aliphatic rings. The van der Waals surface area contributed by atoms with Crippen molar-refractivity contribution < 1.29 is 13.9 Å². The number of morpholine rings is 1. The van der Waals surface area contributed by atoms with Crippen LogP contribution >= 0.6 is 11.6 Å². The highest BCUT2D eigenvalue weighted by Gasteiger charge is 2.12. The number of aromatic nitrogens is 1. The normalized spacial score (nSPS) is 15.2. The van der Waals surface area contributed by atoms with Gasteiger partial charge < -0.3 is 14.5 Å². The van der Waals surface area contributed by atoms with Gasteiger partial charge in [0.15, 0.2) is 11.7 Å². The van der Waals surface area contributed by atoms with Gasteiger partial charge in [-0.3, -0.25) is 9.69 Å². The summed E-state index contributed by atoms with van der Waals surface area (Å²) >= 11 is 6.15. The van der Waals surface area contributed by atoms with Crippen LogP contribution in [0.1, 0.15) is 12.3 Å². The lowest BCUT2D eigenvalue weighted by Crippen LogP contribution is -2.41. The molecule has 3 rings (SSSR count). The van der Waals surface area contributed by atoms with Crippen molar-refractivity contribution >= 4 is 17.5 Å². The van der Waals surface area contributed by atoms with E-state index >= 15 is 0 Å². The molecule has 25 heavy (non-hydrogen) atoms. The second-order valence-electron chi connectivity index (χ2n) is 5.90. The first-order chi connectivity index (χ1) is 12.2. The molecule has 0 saturated carbocycles. The van der Waals surface area contributed by atoms with Crippen molar-refractivity contribution in [2.24, 2.45) is 0 Å². The summed E-state index contributed by atoms with van der Waals surface area (Å²) in [5.41, 5.74) is 0.804. The summed E-state index contributed by atoms with van der Waals surface area (Å²) in [6.45, 7) is 4.89. The van der Waals surface area contributed by atoms with Gasteiger partial charge in [0.1, 0.15) is 0 Å². The van der Waals surface area contributed by atoms with Gasteiger partial charge in [-0.25, -0.2) is 4.98 Å². The topological polar surface area (TPSA) is 67.6 Å². The molecule has 1 aliphatic heterocycles. The third kappa shape index (κ3) is 5.29. The largest absolute Gasteiger partial charge is 0.441 e. The number of amides is 1. The zero-order chi connectivity index (χ0) is 17.5. The van der Waals surface area contributed by atoms with Crippen LogP contribution in [-0.4, -0.2) is 55.2 Å². The van der Waals surface area contributed by atoms with Crippen LogP contribution < -0.4 is 5.32 Å². The molecule has 134 valence electrons. The Balaban J connectivity index is 1.41. The smallest absolute Gasteiger partial charge is 0.220 e. The fourth-order valence-electron chi connectivity index (χ4n) is 2.70. The highest BCUT2D eigenvalue weighted by atomic mass is 35.5. The number of ether oxygens (including phenoxy) is 1. The fraction of sp³-hybridized carbons (Fsp3) is 0.444. The van der Waals surface area contributed by atoms with E-state index in [1.807, 2.05) is 18.2 Å². The molecule has 2 heterocycles. The molecule has 2 aromatic rings. The maximum atomic E-state index is 11.9. The van der Waals surface area contributed by atoms with Crippen LogP contribution in [0.5, 0.6) is 0 Å². The minimum atomic E-state index is 0.00533. The Morgan fingerprint density at radius 3 is 2.88 bits per heavy atom. The predicted octanol–water partition coefficient (Wildman–Crippen LogP) is 2.38. The molecule has 0 bridgehead atoms. The second-order valence-corrected chi connectivity index (χ2v) is 6.31. The first-order valence-corrected chi connectivity index (χ1v) is 8.86. The molecule has 1 aromatic heterocycles. The van der Waals surface area contributed by atoms with Crippen LogP contribution in [0.2, 0.25) is 5.02 Å². The van der Waals surface area contributed by atoms with Gasteiger partial charge in [0.25, 0.3) is 0 Å². The van der Waals surface area contributed by atoms with Crippen LogP contribution in [0.3, 0.4) is 0 Å². The summed E-state index contributed by atoms with van der Waals surface area (Å²) in [6, 6.07) is 7.45. The van der Waals surface area contributed by atoms with Crippen molar-refractivity contribution in [3.05, 3.63) is 41.4 Å². The van der Waals surface area contributed by atoms with Gasteiger partial charge in [0.2, 0.25) is 5.91 Å². The zero-order valence-electron chi connectivity index (χ0n) is 14.0. The first-order valence-electron chi connectivity index (χ1n) is 8.49. The summed E-state index contributed by atoms with van der Waals surface area (Å²) < 4.78 is 11.0. The fourth-order valence-corrected chi connectivity index (χ4v) is 2.93. The number of hydrogen-bond acceptors (Lipinski definition) is 5. The molecule has 1 amide bonds. The van der Waals surface area contributed by atoms with E-state index in [0.29, 0.717) is 36.1 Å². The third-order valence-corrected chi connectivity index (χ3v) is 4.44. The van der Waals surface area contributed by atoms with Crippen LogP contribution in [0.15, 0.2) is 34.9 Å². The molecule has 6 nitrogen and oxygen atoms in total. The number of oxazole rings is 1. The Kier molecular flexibility index (Phi) is 6.44. The van der Waals surface area contributed by atoms with Gasteiger partial charge in [-0.1, -0.05) is 23.7 Å². The van der Waals surface area contributed by atoms with Crippen molar-refractivity contribution in [1.82, 2.24) is 15.2 Å². The van der Waals surface area contributed by atoms with Crippen LogP contribution in [0.4, 0.5) is 0 Å². The van der Waals surface area contributed by atoms with Crippen LogP contribution in [-0.2, 0) is 16.0 Å². The van der Waals surface area contributed by atoms with Gasteiger partial charge >= 0.3 is 0 Å². The highest BCUT2D eigenvalue weighted by Crippen LogP contribution is 2.28. The van der Waals surface area contributed by atoms with Gasteiger partial charge in [-0.15, -0.1) is 0 Å². The van der Waals surface area contributed by atoms with Crippen molar-refractivity contribution in [3.8, 4) is 11.3 Å². The van der Waals surface area contributed by atoms with Crippen molar-refractivity contribution in [3.63, 3.8) is 0 Å². The Hall–Kier alpha value is -1.89. The molecular weight excluding hydrogens is 342 g/mol. The summed E-state index contributed by atoms with van der Waals surface area (Å²) in [7, 11) is 0. The molecule has 0 radical (unpaired) electrons. The monoisotopic (exact) mass is 363 g/mol. The molecular formula is C18H22ClN3O3. The van der Waals surface area contributed by atoms with E-state index in [-0.39, 0.29) is 5.91 Å². The number of nitrogens with zero attached hydrogens (tertiary/aromatic N) is 2. The molecule has 0 aliphatic carbocycles. The molecule has 0 spiro atoms. The van der Waals surface area contributed by atoms with Gasteiger partial charge in [0, 0.05) is 44.6 Å². The Morgan fingerprint density at radius 1 is 1.28 bits per heavy atom.